The highest BCUT2D eigenvalue weighted by Crippen LogP contribution is 2.07. The van der Waals surface area contributed by atoms with Crippen LogP contribution >= 0.6 is 15.9 Å². The zero-order valence-electron chi connectivity index (χ0n) is 9.49. The van der Waals surface area contributed by atoms with Crippen molar-refractivity contribution in [1.29, 1.82) is 0 Å². The van der Waals surface area contributed by atoms with Crippen molar-refractivity contribution in [2.45, 2.75) is 38.1 Å². The van der Waals surface area contributed by atoms with Crippen molar-refractivity contribution in [2.75, 3.05) is 19.0 Å². The Morgan fingerprint density at radius 2 is 2.00 bits per heavy atom. The van der Waals surface area contributed by atoms with E-state index in [1.54, 1.807) is 0 Å². The normalized spacial score (nSPS) is 16.3. The first-order chi connectivity index (χ1) is 6.87. The smallest absolute Gasteiger partial charge is 0.214 e. The van der Waals surface area contributed by atoms with Gasteiger partial charge in [0.25, 0.3) is 0 Å². The first kappa shape index (κ1) is 15.3. The Labute approximate surface area is 101 Å². The molecule has 0 radical (unpaired) electrons. The molecule has 0 saturated carbocycles. The van der Waals surface area contributed by atoms with Gasteiger partial charge in [-0.15, -0.1) is 0 Å². The van der Waals surface area contributed by atoms with Crippen molar-refractivity contribution in [3.63, 3.8) is 0 Å². The third kappa shape index (κ3) is 9.29. The summed E-state index contributed by atoms with van der Waals surface area (Å²) in [6.07, 6.45) is 0.772. The van der Waals surface area contributed by atoms with E-state index in [1.165, 1.54) is 0 Å². The standard InChI is InChI=1S/C9H20BrNO3S/c1-4-14-5-6-15(12,13)11-9(3)7-8(2)10/h8-9,11H,4-7H2,1-3H3. The molecule has 15 heavy (non-hydrogen) atoms. The molecule has 2 atom stereocenters. The molecule has 0 bridgehead atoms. The summed E-state index contributed by atoms with van der Waals surface area (Å²) in [5.41, 5.74) is 0. The molecule has 0 saturated heterocycles. The fourth-order valence-electron chi connectivity index (χ4n) is 1.21. The van der Waals surface area contributed by atoms with Crippen LogP contribution in [0.15, 0.2) is 0 Å². The van der Waals surface area contributed by atoms with Crippen molar-refractivity contribution in [3.8, 4) is 0 Å². The Kier molecular flexibility index (Phi) is 7.77. The fourth-order valence-corrected chi connectivity index (χ4v) is 2.94. The number of alkyl halides is 1. The second-order valence-electron chi connectivity index (χ2n) is 3.55. The van der Waals surface area contributed by atoms with Gasteiger partial charge in [-0.05, 0) is 20.3 Å². The maximum atomic E-state index is 11.5. The molecule has 1 N–H and O–H groups in total. The van der Waals surface area contributed by atoms with Crippen molar-refractivity contribution in [2.24, 2.45) is 0 Å². The summed E-state index contributed by atoms with van der Waals surface area (Å²) >= 11 is 3.39. The highest BCUT2D eigenvalue weighted by molar-refractivity contribution is 9.09. The fraction of sp³-hybridized carbons (Fsp3) is 1.00. The molecule has 0 spiro atoms. The zero-order valence-corrected chi connectivity index (χ0v) is 11.9. The van der Waals surface area contributed by atoms with E-state index in [1.807, 2.05) is 20.8 Å². The van der Waals surface area contributed by atoms with Gasteiger partial charge in [0.2, 0.25) is 10.0 Å². The van der Waals surface area contributed by atoms with Crippen LogP contribution in [0.5, 0.6) is 0 Å². The number of hydrogen-bond acceptors (Lipinski definition) is 3. The zero-order chi connectivity index (χ0) is 11.9. The molecule has 4 nitrogen and oxygen atoms in total. The van der Waals surface area contributed by atoms with Gasteiger partial charge in [0, 0.05) is 17.5 Å². The van der Waals surface area contributed by atoms with E-state index in [0.717, 1.165) is 6.42 Å². The van der Waals surface area contributed by atoms with Gasteiger partial charge in [0.05, 0.1) is 12.4 Å². The summed E-state index contributed by atoms with van der Waals surface area (Å²) in [7, 11) is -3.19. The van der Waals surface area contributed by atoms with E-state index < -0.39 is 10.0 Å². The van der Waals surface area contributed by atoms with Gasteiger partial charge >= 0.3 is 0 Å². The molecule has 0 aliphatic heterocycles. The predicted molar refractivity (Wildman–Crippen MR) is 65.9 cm³/mol. The molecule has 0 aliphatic carbocycles. The molecule has 6 heteroatoms. The number of halogens is 1. The van der Waals surface area contributed by atoms with Crippen molar-refractivity contribution in [1.82, 2.24) is 4.72 Å². The maximum Gasteiger partial charge on any atom is 0.214 e. The summed E-state index contributed by atoms with van der Waals surface area (Å²) < 4.78 is 30.6. The molecule has 0 heterocycles. The van der Waals surface area contributed by atoms with Crippen LogP contribution in [0.1, 0.15) is 27.2 Å². The van der Waals surface area contributed by atoms with E-state index in [0.29, 0.717) is 11.4 Å². The molecule has 0 amide bonds. The molecule has 92 valence electrons. The number of hydrogen-bond donors (Lipinski definition) is 1. The summed E-state index contributed by atoms with van der Waals surface area (Å²) in [6.45, 7) is 6.49. The van der Waals surface area contributed by atoms with Gasteiger partial charge in [-0.1, -0.05) is 22.9 Å². The molecular weight excluding hydrogens is 282 g/mol. The minimum atomic E-state index is -3.19. The summed E-state index contributed by atoms with van der Waals surface area (Å²) in [4.78, 5) is 0.307. The third-order valence-corrected chi connectivity index (χ3v) is 3.60. The number of rotatable bonds is 8. The Balaban J connectivity index is 3.91. The Morgan fingerprint density at radius 1 is 1.40 bits per heavy atom. The number of ether oxygens (including phenoxy) is 1. The second-order valence-corrected chi connectivity index (χ2v) is 6.99. The number of nitrogens with one attached hydrogen (secondary N) is 1. The highest BCUT2D eigenvalue weighted by atomic mass is 79.9. The molecule has 0 aromatic carbocycles. The van der Waals surface area contributed by atoms with Crippen LogP contribution in [0.2, 0.25) is 0 Å². The topological polar surface area (TPSA) is 55.4 Å². The molecule has 0 fully saturated rings. The lowest BCUT2D eigenvalue weighted by Gasteiger charge is -2.15. The molecule has 0 rings (SSSR count). The first-order valence-electron chi connectivity index (χ1n) is 5.09. The van der Waals surface area contributed by atoms with Gasteiger partial charge in [0.15, 0.2) is 0 Å². The minimum Gasteiger partial charge on any atom is -0.381 e. The average molecular weight is 302 g/mol. The van der Waals surface area contributed by atoms with Crippen LogP contribution in [-0.2, 0) is 14.8 Å². The Hall–Kier alpha value is 0.350. The lowest BCUT2D eigenvalue weighted by atomic mass is 10.2. The van der Waals surface area contributed by atoms with Crippen LogP contribution in [0, 0.1) is 0 Å². The van der Waals surface area contributed by atoms with Gasteiger partial charge in [-0.2, -0.15) is 0 Å². The quantitative estimate of drug-likeness (QED) is 0.546. The minimum absolute atomic E-state index is 0.0296. The molecule has 0 aromatic heterocycles. The molecule has 0 aliphatic rings. The van der Waals surface area contributed by atoms with E-state index in [9.17, 15) is 8.42 Å². The van der Waals surface area contributed by atoms with Gasteiger partial charge in [0.1, 0.15) is 0 Å². The SMILES string of the molecule is CCOCCS(=O)(=O)NC(C)CC(C)Br. The van der Waals surface area contributed by atoms with Crippen molar-refractivity contribution >= 4 is 26.0 Å². The Morgan fingerprint density at radius 3 is 2.47 bits per heavy atom. The van der Waals surface area contributed by atoms with E-state index in [4.69, 9.17) is 4.74 Å². The molecule has 0 aromatic rings. The van der Waals surface area contributed by atoms with Gasteiger partial charge in [-0.3, -0.25) is 0 Å². The van der Waals surface area contributed by atoms with Crippen LogP contribution in [-0.4, -0.2) is 38.3 Å². The average Bonchev–Trinajstić information content (AvgIpc) is 2.00. The lowest BCUT2D eigenvalue weighted by molar-refractivity contribution is 0.163. The van der Waals surface area contributed by atoms with Gasteiger partial charge in [-0.25, -0.2) is 13.1 Å². The second kappa shape index (κ2) is 7.60. The van der Waals surface area contributed by atoms with Crippen LogP contribution in [0.25, 0.3) is 0 Å². The van der Waals surface area contributed by atoms with Crippen LogP contribution in [0.3, 0.4) is 0 Å². The summed E-state index contributed by atoms with van der Waals surface area (Å²) in [6, 6.07) is -0.0500. The van der Waals surface area contributed by atoms with E-state index in [-0.39, 0.29) is 18.4 Å². The Bertz CT molecular complexity index is 254. The predicted octanol–water partition coefficient (Wildman–Crippen LogP) is 1.50. The molecule has 2 unspecified atom stereocenters. The molecular formula is C9H20BrNO3S. The van der Waals surface area contributed by atoms with Gasteiger partial charge < -0.3 is 4.74 Å². The first-order valence-corrected chi connectivity index (χ1v) is 7.66. The number of sulfonamides is 1. The highest BCUT2D eigenvalue weighted by Gasteiger charge is 2.15. The van der Waals surface area contributed by atoms with Crippen LogP contribution < -0.4 is 4.72 Å². The van der Waals surface area contributed by atoms with E-state index in [2.05, 4.69) is 20.7 Å². The lowest BCUT2D eigenvalue weighted by Crippen LogP contribution is -2.36. The summed E-state index contributed by atoms with van der Waals surface area (Å²) in [5.74, 6) is 0.0296. The van der Waals surface area contributed by atoms with Crippen LogP contribution in [0.4, 0.5) is 0 Å². The monoisotopic (exact) mass is 301 g/mol. The van der Waals surface area contributed by atoms with Crippen molar-refractivity contribution < 1.29 is 13.2 Å². The van der Waals surface area contributed by atoms with E-state index >= 15 is 0 Å². The summed E-state index contributed by atoms with van der Waals surface area (Å²) in [5, 5.41) is 0. The maximum absolute atomic E-state index is 11.5. The third-order valence-electron chi connectivity index (χ3n) is 1.76. The van der Waals surface area contributed by atoms with Crippen molar-refractivity contribution in [3.05, 3.63) is 0 Å². The largest absolute Gasteiger partial charge is 0.381 e.